The minimum atomic E-state index is -0.445. The Balaban J connectivity index is 1.99. The van der Waals surface area contributed by atoms with E-state index in [2.05, 4.69) is 12.2 Å². The largest absolute Gasteiger partial charge is 0.459 e. The highest BCUT2D eigenvalue weighted by Gasteiger charge is 2.34. The van der Waals surface area contributed by atoms with Gasteiger partial charge < -0.3 is 19.9 Å². The van der Waals surface area contributed by atoms with Crippen LogP contribution in [0.2, 0.25) is 0 Å². The van der Waals surface area contributed by atoms with E-state index in [1.54, 1.807) is 0 Å². The molecule has 0 spiro atoms. The lowest BCUT2D eigenvalue weighted by Gasteiger charge is -2.35. The third-order valence-electron chi connectivity index (χ3n) is 4.23. The molecule has 0 aliphatic carbocycles. The molecule has 1 aliphatic rings. The molecule has 2 N–H and O–H groups in total. The lowest BCUT2D eigenvalue weighted by atomic mass is 9.87. The zero-order valence-corrected chi connectivity index (χ0v) is 14.4. The first-order valence-electron chi connectivity index (χ1n) is 8.58. The van der Waals surface area contributed by atoms with Crippen LogP contribution in [0.5, 0.6) is 0 Å². The van der Waals surface area contributed by atoms with Crippen molar-refractivity contribution in [1.82, 2.24) is 5.32 Å². The quantitative estimate of drug-likeness (QED) is 0.767. The molecule has 1 amide bonds. The van der Waals surface area contributed by atoms with Crippen molar-refractivity contribution in [2.75, 3.05) is 13.2 Å². The van der Waals surface area contributed by atoms with Crippen LogP contribution in [0.15, 0.2) is 42.2 Å². The zero-order valence-electron chi connectivity index (χ0n) is 14.4. The van der Waals surface area contributed by atoms with Gasteiger partial charge in [-0.15, -0.1) is 0 Å². The number of carbonyl (C=O) groups is 1. The summed E-state index contributed by atoms with van der Waals surface area (Å²) in [6.45, 7) is 5.09. The highest BCUT2D eigenvalue weighted by molar-refractivity contribution is 5.91. The number of hydrogen-bond donors (Lipinski definition) is 2. The van der Waals surface area contributed by atoms with Crippen molar-refractivity contribution in [2.24, 2.45) is 11.8 Å². The van der Waals surface area contributed by atoms with Gasteiger partial charge in [0.25, 0.3) is 5.91 Å². The summed E-state index contributed by atoms with van der Waals surface area (Å²) in [5, 5.41) is 11.9. The number of amides is 1. The Morgan fingerprint density at radius 3 is 2.75 bits per heavy atom. The normalized spacial score (nSPS) is 23.3. The van der Waals surface area contributed by atoms with Crippen molar-refractivity contribution in [1.29, 1.82) is 0 Å². The zero-order chi connectivity index (χ0) is 17.4. The number of carbonyl (C=O) groups excluding carboxylic acids is 1. The number of aliphatic hydroxyl groups excluding tert-OH is 1. The highest BCUT2D eigenvalue weighted by atomic mass is 16.7. The molecule has 0 bridgehead atoms. The molecule has 3 atom stereocenters. The molecule has 24 heavy (non-hydrogen) atoms. The Bertz CT molecular complexity index is 544. The van der Waals surface area contributed by atoms with Gasteiger partial charge in [0, 0.05) is 25.7 Å². The molecule has 0 fully saturated rings. The lowest BCUT2D eigenvalue weighted by Crippen LogP contribution is -2.38. The van der Waals surface area contributed by atoms with Gasteiger partial charge in [-0.25, -0.2) is 0 Å². The van der Waals surface area contributed by atoms with Crippen LogP contribution in [0.1, 0.15) is 32.3 Å². The fourth-order valence-electron chi connectivity index (χ4n) is 2.90. The number of hydrogen-bond acceptors (Lipinski definition) is 4. The van der Waals surface area contributed by atoms with Crippen LogP contribution in [-0.2, 0) is 20.8 Å². The van der Waals surface area contributed by atoms with E-state index in [0.717, 1.165) is 12.0 Å². The van der Waals surface area contributed by atoms with Gasteiger partial charge in [0.1, 0.15) is 0 Å². The Morgan fingerprint density at radius 2 is 2.08 bits per heavy atom. The van der Waals surface area contributed by atoms with E-state index in [4.69, 9.17) is 14.6 Å². The number of nitrogens with one attached hydrogen (secondary N) is 1. The lowest BCUT2D eigenvalue weighted by molar-refractivity contribution is -0.171. The molecule has 0 aromatic heterocycles. The number of rotatable bonds is 8. The van der Waals surface area contributed by atoms with Crippen molar-refractivity contribution in [2.45, 2.75) is 39.5 Å². The molecular weight excluding hydrogens is 306 g/mol. The number of aliphatic hydroxyl groups is 1. The van der Waals surface area contributed by atoms with Crippen LogP contribution >= 0.6 is 0 Å². The van der Waals surface area contributed by atoms with Crippen molar-refractivity contribution in [3.63, 3.8) is 0 Å². The summed E-state index contributed by atoms with van der Waals surface area (Å²) in [4.78, 5) is 12.4. The topological polar surface area (TPSA) is 67.8 Å². The van der Waals surface area contributed by atoms with E-state index in [-0.39, 0.29) is 24.3 Å². The molecule has 1 aromatic carbocycles. The van der Waals surface area contributed by atoms with Gasteiger partial charge in [0.15, 0.2) is 5.76 Å². The molecule has 0 saturated heterocycles. The maximum atomic E-state index is 12.4. The molecule has 132 valence electrons. The van der Waals surface area contributed by atoms with Gasteiger partial charge in [-0.3, -0.25) is 4.79 Å². The summed E-state index contributed by atoms with van der Waals surface area (Å²) in [5.74, 6) is 0.384. The molecule has 0 unspecified atom stereocenters. The van der Waals surface area contributed by atoms with Crippen LogP contribution in [0, 0.1) is 11.8 Å². The van der Waals surface area contributed by atoms with Gasteiger partial charge in [-0.1, -0.05) is 37.3 Å². The molecule has 0 radical (unpaired) electrons. The van der Waals surface area contributed by atoms with Gasteiger partial charge in [-0.05, 0) is 37.3 Å². The fourth-order valence-corrected chi connectivity index (χ4v) is 2.90. The second kappa shape index (κ2) is 9.45. The van der Waals surface area contributed by atoms with Crippen LogP contribution in [-0.4, -0.2) is 30.5 Å². The summed E-state index contributed by atoms with van der Waals surface area (Å²) < 4.78 is 11.5. The van der Waals surface area contributed by atoms with Gasteiger partial charge >= 0.3 is 0 Å². The van der Waals surface area contributed by atoms with Gasteiger partial charge in [0.05, 0.1) is 0 Å². The summed E-state index contributed by atoms with van der Waals surface area (Å²) in [6, 6.07) is 9.76. The molecular formula is C19H27NO4. The fraction of sp³-hybridized carbons (Fsp3) is 0.526. The van der Waals surface area contributed by atoms with Crippen LogP contribution in [0.4, 0.5) is 0 Å². The van der Waals surface area contributed by atoms with E-state index < -0.39 is 6.29 Å². The molecule has 1 aromatic rings. The van der Waals surface area contributed by atoms with Crippen molar-refractivity contribution < 1.29 is 19.4 Å². The Kier molecular flexibility index (Phi) is 7.28. The second-order valence-corrected chi connectivity index (χ2v) is 6.03. The standard InChI is InChI=1S/C19H27NO4/c1-3-23-19-16(10-7-11-21)14(2)12-17(24-19)18(22)20-13-15-8-5-4-6-9-15/h4-6,8-9,12,14,16,19,21H,3,7,10-11,13H2,1-2H3,(H,20,22)/t14-,16+,19+/m0/s1. The predicted molar refractivity (Wildman–Crippen MR) is 91.8 cm³/mol. The highest BCUT2D eigenvalue weighted by Crippen LogP contribution is 2.32. The van der Waals surface area contributed by atoms with Crippen LogP contribution < -0.4 is 5.32 Å². The molecule has 2 rings (SSSR count). The summed E-state index contributed by atoms with van der Waals surface area (Å²) in [6.07, 6.45) is 2.92. The maximum Gasteiger partial charge on any atom is 0.286 e. The van der Waals surface area contributed by atoms with E-state index in [1.165, 1.54) is 0 Å². The predicted octanol–water partition coefficient (Wildman–Crippen LogP) is 2.60. The van der Waals surface area contributed by atoms with E-state index in [9.17, 15) is 4.79 Å². The van der Waals surface area contributed by atoms with Crippen LogP contribution in [0.3, 0.4) is 0 Å². The third kappa shape index (κ3) is 5.08. The SMILES string of the molecule is CCO[C@@H]1OC(C(=O)NCc2ccccc2)=C[C@H](C)[C@H]1CCCO. The van der Waals surface area contributed by atoms with Gasteiger partial charge in [-0.2, -0.15) is 0 Å². The Hall–Kier alpha value is -1.85. The Labute approximate surface area is 143 Å². The first-order valence-corrected chi connectivity index (χ1v) is 8.58. The minimum absolute atomic E-state index is 0.141. The molecule has 0 saturated carbocycles. The molecule has 5 nitrogen and oxygen atoms in total. The molecule has 1 heterocycles. The number of allylic oxidation sites excluding steroid dienone is 1. The van der Waals surface area contributed by atoms with E-state index >= 15 is 0 Å². The number of ether oxygens (including phenoxy) is 2. The second-order valence-electron chi connectivity index (χ2n) is 6.03. The summed E-state index contributed by atoms with van der Waals surface area (Å²) in [7, 11) is 0. The summed E-state index contributed by atoms with van der Waals surface area (Å²) in [5.41, 5.74) is 1.04. The monoisotopic (exact) mass is 333 g/mol. The first-order chi connectivity index (χ1) is 11.7. The van der Waals surface area contributed by atoms with E-state index in [0.29, 0.717) is 25.3 Å². The third-order valence-corrected chi connectivity index (χ3v) is 4.23. The average molecular weight is 333 g/mol. The van der Waals surface area contributed by atoms with E-state index in [1.807, 2.05) is 43.3 Å². The van der Waals surface area contributed by atoms with Crippen molar-refractivity contribution >= 4 is 5.91 Å². The smallest absolute Gasteiger partial charge is 0.286 e. The minimum Gasteiger partial charge on any atom is -0.459 e. The first kappa shape index (κ1) is 18.5. The molecule has 1 aliphatic heterocycles. The average Bonchev–Trinajstić information content (AvgIpc) is 2.60. The number of benzene rings is 1. The molecule has 5 heteroatoms. The maximum absolute atomic E-state index is 12.4. The summed E-state index contributed by atoms with van der Waals surface area (Å²) >= 11 is 0. The van der Waals surface area contributed by atoms with Crippen LogP contribution in [0.25, 0.3) is 0 Å². The van der Waals surface area contributed by atoms with Crippen molar-refractivity contribution in [3.8, 4) is 0 Å². The Morgan fingerprint density at radius 1 is 1.33 bits per heavy atom. The van der Waals surface area contributed by atoms with Crippen molar-refractivity contribution in [3.05, 3.63) is 47.7 Å². The van der Waals surface area contributed by atoms with Gasteiger partial charge in [0.2, 0.25) is 6.29 Å².